The molecule has 0 fully saturated rings. The van der Waals surface area contributed by atoms with E-state index in [2.05, 4.69) is 9.97 Å². The lowest BCUT2D eigenvalue weighted by Gasteiger charge is -2.26. The van der Waals surface area contributed by atoms with E-state index in [0.29, 0.717) is 33.7 Å². The summed E-state index contributed by atoms with van der Waals surface area (Å²) in [5, 5.41) is 2.49. The van der Waals surface area contributed by atoms with Gasteiger partial charge in [-0.3, -0.25) is 14.6 Å². The average Bonchev–Trinajstić information content (AvgIpc) is 3.94. The summed E-state index contributed by atoms with van der Waals surface area (Å²) in [7, 11) is 0. The predicted molar refractivity (Wildman–Crippen MR) is 203 cm³/mol. The van der Waals surface area contributed by atoms with Gasteiger partial charge < -0.3 is 19.3 Å². The Labute approximate surface area is 315 Å². The van der Waals surface area contributed by atoms with Gasteiger partial charge in [0.15, 0.2) is 11.6 Å². The largest absolute Gasteiger partial charge is 0.444 e. The fraction of sp³-hybridized carbons (Fsp3) is 0.171. The second kappa shape index (κ2) is 18.5. The minimum atomic E-state index is -0.525. The number of rotatable bonds is 16. The lowest BCUT2D eigenvalue weighted by atomic mass is 10.0. The van der Waals surface area contributed by atoms with Crippen molar-refractivity contribution in [3.63, 3.8) is 0 Å². The number of ketones is 2. The van der Waals surface area contributed by atoms with Crippen molar-refractivity contribution in [2.45, 2.75) is 32.7 Å². The zero-order valence-corrected chi connectivity index (χ0v) is 30.3. The third-order valence-corrected chi connectivity index (χ3v) is 9.75. The molecule has 268 valence electrons. The maximum Gasteiger partial charge on any atom is 0.410 e. The van der Waals surface area contributed by atoms with E-state index in [-0.39, 0.29) is 51.0 Å². The fourth-order valence-electron chi connectivity index (χ4n) is 5.48. The Morgan fingerprint density at radius 1 is 0.585 bits per heavy atom. The Morgan fingerprint density at radius 3 is 1.53 bits per heavy atom. The number of hydrogen-bond acceptors (Lipinski definition) is 10. The first-order valence-corrected chi connectivity index (χ1v) is 18.7. The van der Waals surface area contributed by atoms with Gasteiger partial charge in [-0.25, -0.2) is 14.6 Å². The lowest BCUT2D eigenvalue weighted by Crippen LogP contribution is -2.36. The molecule has 0 atom stereocenters. The van der Waals surface area contributed by atoms with E-state index in [4.69, 9.17) is 9.47 Å². The van der Waals surface area contributed by atoms with Crippen LogP contribution in [0.25, 0.3) is 0 Å². The zero-order valence-electron chi connectivity index (χ0n) is 28.7. The standard InChI is InChI=1S/C41H36N4O6S2/c46-38(32-8-3-1-4-9-32)34-16-12-30(13-17-34)25-44(40(48)50-27-36-24-42-29-53-36)21-7-22-45(41(49)51-28-37-43-20-23-52-37)26-31-14-18-35(19-15-31)39(47)33-10-5-2-6-11-33/h1-6,8-20,23-24,29H,7,21-22,25-28H2. The van der Waals surface area contributed by atoms with Crippen molar-refractivity contribution in [1.29, 1.82) is 0 Å². The quantitative estimate of drug-likeness (QED) is 0.0907. The lowest BCUT2D eigenvalue weighted by molar-refractivity contribution is 0.0844. The van der Waals surface area contributed by atoms with Gasteiger partial charge >= 0.3 is 12.2 Å². The number of ether oxygens (including phenoxy) is 2. The van der Waals surface area contributed by atoms with Crippen molar-refractivity contribution < 1.29 is 28.7 Å². The molecule has 6 aromatic rings. The molecule has 0 radical (unpaired) electrons. The van der Waals surface area contributed by atoms with E-state index < -0.39 is 12.2 Å². The van der Waals surface area contributed by atoms with Gasteiger partial charge in [0, 0.05) is 66.2 Å². The summed E-state index contributed by atoms with van der Waals surface area (Å²) in [5.41, 5.74) is 5.59. The summed E-state index contributed by atoms with van der Waals surface area (Å²) in [5.74, 6) is -0.172. The van der Waals surface area contributed by atoms with Crippen molar-refractivity contribution in [2.75, 3.05) is 13.1 Å². The average molecular weight is 745 g/mol. The summed E-state index contributed by atoms with van der Waals surface area (Å²) >= 11 is 2.79. The molecule has 0 saturated carbocycles. The van der Waals surface area contributed by atoms with Gasteiger partial charge in [-0.15, -0.1) is 22.7 Å². The van der Waals surface area contributed by atoms with E-state index in [1.165, 1.54) is 22.7 Å². The van der Waals surface area contributed by atoms with Gasteiger partial charge in [-0.05, 0) is 17.5 Å². The van der Waals surface area contributed by atoms with Crippen molar-refractivity contribution in [3.05, 3.63) is 176 Å². The molecular weight excluding hydrogens is 709 g/mol. The Hall–Kier alpha value is -5.98. The third-order valence-electron chi connectivity index (χ3n) is 8.25. The number of carbonyl (C=O) groups excluding carboxylic acids is 4. The highest BCUT2D eigenvalue weighted by atomic mass is 32.1. The highest BCUT2D eigenvalue weighted by Gasteiger charge is 2.21. The van der Waals surface area contributed by atoms with Gasteiger partial charge in [-0.1, -0.05) is 109 Å². The van der Waals surface area contributed by atoms with Crippen LogP contribution in [0.3, 0.4) is 0 Å². The Balaban J connectivity index is 1.13. The number of hydrogen-bond donors (Lipinski definition) is 0. The minimum absolute atomic E-state index is 0.0380. The van der Waals surface area contributed by atoms with Gasteiger partial charge in [-0.2, -0.15) is 0 Å². The molecule has 0 aliphatic heterocycles. The van der Waals surface area contributed by atoms with Crippen LogP contribution in [0.1, 0.15) is 59.3 Å². The van der Waals surface area contributed by atoms with Crippen LogP contribution in [-0.4, -0.2) is 56.6 Å². The number of amides is 2. The molecular formula is C41H36N4O6S2. The van der Waals surface area contributed by atoms with Crippen LogP contribution in [0.2, 0.25) is 0 Å². The molecule has 4 aromatic carbocycles. The Bertz CT molecular complexity index is 1920. The smallest absolute Gasteiger partial charge is 0.410 e. The van der Waals surface area contributed by atoms with E-state index >= 15 is 0 Å². The highest BCUT2D eigenvalue weighted by molar-refractivity contribution is 7.09. The molecule has 12 heteroatoms. The van der Waals surface area contributed by atoms with Crippen LogP contribution >= 0.6 is 22.7 Å². The first-order chi connectivity index (χ1) is 25.9. The molecule has 2 aromatic heterocycles. The highest BCUT2D eigenvalue weighted by Crippen LogP contribution is 2.17. The molecule has 0 N–H and O–H groups in total. The van der Waals surface area contributed by atoms with E-state index in [0.717, 1.165) is 16.0 Å². The Kier molecular flexibility index (Phi) is 12.8. The molecule has 0 aliphatic rings. The van der Waals surface area contributed by atoms with Gasteiger partial charge in [0.25, 0.3) is 0 Å². The number of carbonyl (C=O) groups is 4. The molecule has 0 bridgehead atoms. The monoisotopic (exact) mass is 744 g/mol. The molecule has 2 heterocycles. The molecule has 2 amide bonds. The summed E-state index contributed by atoms with van der Waals surface area (Å²) in [6.45, 7) is 1.12. The van der Waals surface area contributed by atoms with Crippen LogP contribution in [0.5, 0.6) is 0 Å². The maximum absolute atomic E-state index is 13.4. The summed E-state index contributed by atoms with van der Waals surface area (Å²) in [4.78, 5) is 65.0. The van der Waals surface area contributed by atoms with E-state index in [9.17, 15) is 19.2 Å². The summed E-state index contributed by atoms with van der Waals surface area (Å²) in [6, 6.07) is 32.4. The van der Waals surface area contributed by atoms with Crippen molar-refractivity contribution >= 4 is 46.4 Å². The number of nitrogens with zero attached hydrogens (tertiary/aromatic N) is 4. The molecule has 0 aliphatic carbocycles. The van der Waals surface area contributed by atoms with Crippen molar-refractivity contribution in [3.8, 4) is 0 Å². The van der Waals surface area contributed by atoms with E-state index in [1.54, 1.807) is 76.2 Å². The summed E-state index contributed by atoms with van der Waals surface area (Å²) in [6.07, 6.45) is 2.68. The second-order valence-electron chi connectivity index (χ2n) is 12.0. The van der Waals surface area contributed by atoms with Crippen LogP contribution in [0, 0.1) is 0 Å². The SMILES string of the molecule is O=C(c1ccccc1)c1ccc(CN(CCCN(Cc2ccc(C(=O)c3ccccc3)cc2)C(=O)OCc2nccs2)C(=O)OCc2cncs2)cc1. The molecule has 10 nitrogen and oxygen atoms in total. The number of aromatic nitrogens is 2. The van der Waals surface area contributed by atoms with Crippen LogP contribution in [0.15, 0.2) is 132 Å². The Morgan fingerprint density at radius 2 is 1.08 bits per heavy atom. The minimum Gasteiger partial charge on any atom is -0.444 e. The van der Waals surface area contributed by atoms with Crippen molar-refractivity contribution in [1.82, 2.24) is 19.8 Å². The molecule has 0 spiro atoms. The first-order valence-electron chi connectivity index (χ1n) is 16.9. The predicted octanol–water partition coefficient (Wildman–Crippen LogP) is 8.43. The third kappa shape index (κ3) is 10.5. The van der Waals surface area contributed by atoms with Gasteiger partial charge in [0.05, 0.1) is 10.4 Å². The number of benzene rings is 4. The normalized spacial score (nSPS) is 10.7. The van der Waals surface area contributed by atoms with Gasteiger partial charge in [0.2, 0.25) is 0 Å². The van der Waals surface area contributed by atoms with Crippen LogP contribution < -0.4 is 0 Å². The van der Waals surface area contributed by atoms with Crippen LogP contribution in [-0.2, 0) is 35.8 Å². The zero-order chi connectivity index (χ0) is 36.8. The number of thiazole rings is 2. The van der Waals surface area contributed by atoms with Gasteiger partial charge in [0.1, 0.15) is 18.2 Å². The topological polar surface area (TPSA) is 119 Å². The molecule has 6 rings (SSSR count). The molecule has 53 heavy (non-hydrogen) atoms. The first kappa shape index (κ1) is 36.8. The molecule has 0 unspecified atom stereocenters. The van der Waals surface area contributed by atoms with Crippen LogP contribution in [0.4, 0.5) is 9.59 Å². The maximum atomic E-state index is 13.4. The summed E-state index contributed by atoms with van der Waals surface area (Å²) < 4.78 is 11.3. The van der Waals surface area contributed by atoms with E-state index in [1.807, 2.05) is 66.0 Å². The second-order valence-corrected chi connectivity index (χ2v) is 13.9. The molecule has 0 saturated heterocycles. The fourth-order valence-corrected chi connectivity index (χ4v) is 6.51. The van der Waals surface area contributed by atoms with Crippen molar-refractivity contribution in [2.24, 2.45) is 0 Å².